The molecule has 0 saturated heterocycles. The van der Waals surface area contributed by atoms with Crippen LogP contribution >= 0.6 is 0 Å². The van der Waals surface area contributed by atoms with E-state index < -0.39 is 41.8 Å². The van der Waals surface area contributed by atoms with E-state index in [-0.39, 0.29) is 24.3 Å². The summed E-state index contributed by atoms with van der Waals surface area (Å²) in [4.78, 5) is 48.3. The zero-order chi connectivity index (χ0) is 22.7. The molecule has 0 fully saturated rings. The number of carboxylic acids is 1. The average molecular weight is 415 g/mol. The lowest BCUT2D eigenvalue weighted by molar-refractivity contribution is -0.143. The van der Waals surface area contributed by atoms with E-state index in [1.165, 1.54) is 0 Å². The number of amides is 3. The molecular weight excluding hydrogens is 376 g/mol. The van der Waals surface area contributed by atoms with Crippen LogP contribution in [-0.2, 0) is 19.2 Å². The fraction of sp³-hybridized carbons (Fsp3) is 0.800. The van der Waals surface area contributed by atoms with Crippen molar-refractivity contribution >= 4 is 23.7 Å². The first-order chi connectivity index (χ1) is 13.4. The lowest BCUT2D eigenvalue weighted by Crippen LogP contribution is -2.56. The molecule has 0 aromatic heterocycles. The van der Waals surface area contributed by atoms with Crippen LogP contribution in [0.15, 0.2) is 0 Å². The minimum Gasteiger partial charge on any atom is -0.480 e. The Morgan fingerprint density at radius 3 is 1.83 bits per heavy atom. The molecule has 0 aromatic rings. The van der Waals surface area contributed by atoms with Gasteiger partial charge < -0.3 is 26.8 Å². The van der Waals surface area contributed by atoms with E-state index in [2.05, 4.69) is 16.0 Å². The smallest absolute Gasteiger partial charge is 0.326 e. The molecule has 0 aliphatic heterocycles. The predicted octanol–water partition coefficient (Wildman–Crippen LogP) is 0.622. The van der Waals surface area contributed by atoms with Gasteiger partial charge in [0.05, 0.1) is 12.6 Å². The number of carbonyl (C=O) groups is 4. The van der Waals surface area contributed by atoms with Gasteiger partial charge in [-0.1, -0.05) is 54.4 Å². The number of carbonyl (C=O) groups excluding carboxylic acids is 3. The number of rotatable bonds is 13. The lowest BCUT2D eigenvalue weighted by atomic mass is 9.97. The number of aliphatic carboxylic acids is 1. The quantitative estimate of drug-likeness (QED) is 0.298. The Labute approximate surface area is 173 Å². The van der Waals surface area contributed by atoms with Crippen molar-refractivity contribution < 1.29 is 24.3 Å². The number of hydrogen-bond donors (Lipinski definition) is 5. The standard InChI is InChI=1S/C20H38N4O5/c1-7-12(5)16(24-18(26)14(21)9-11(3)4)19(27)22-10-15(25)23-17(20(28)29)13(6)8-2/h11-14,16-17H,7-10,21H2,1-6H3,(H,22,27)(H,23,25)(H,24,26)(H,28,29). The average Bonchev–Trinajstić information content (AvgIpc) is 2.65. The largest absolute Gasteiger partial charge is 0.480 e. The molecule has 0 aliphatic carbocycles. The molecule has 0 radical (unpaired) electrons. The summed E-state index contributed by atoms with van der Waals surface area (Å²) in [5.74, 6) is -2.81. The van der Waals surface area contributed by atoms with Gasteiger partial charge in [-0.2, -0.15) is 0 Å². The maximum Gasteiger partial charge on any atom is 0.326 e. The zero-order valence-corrected chi connectivity index (χ0v) is 18.5. The molecule has 0 heterocycles. The number of hydrogen-bond acceptors (Lipinski definition) is 5. The van der Waals surface area contributed by atoms with Crippen LogP contribution in [0.4, 0.5) is 0 Å². The van der Waals surface area contributed by atoms with E-state index >= 15 is 0 Å². The molecule has 168 valence electrons. The zero-order valence-electron chi connectivity index (χ0n) is 18.5. The summed E-state index contributed by atoms with van der Waals surface area (Å²) in [6.45, 7) is 10.8. The van der Waals surface area contributed by atoms with Crippen molar-refractivity contribution in [2.45, 2.75) is 78.9 Å². The molecule has 29 heavy (non-hydrogen) atoms. The van der Waals surface area contributed by atoms with Gasteiger partial charge in [-0.25, -0.2) is 4.79 Å². The Kier molecular flexibility index (Phi) is 12.2. The minimum absolute atomic E-state index is 0.167. The van der Waals surface area contributed by atoms with Gasteiger partial charge in [-0.3, -0.25) is 14.4 Å². The van der Waals surface area contributed by atoms with E-state index in [0.29, 0.717) is 19.3 Å². The summed E-state index contributed by atoms with van der Waals surface area (Å²) < 4.78 is 0. The highest BCUT2D eigenvalue weighted by molar-refractivity contribution is 5.92. The highest BCUT2D eigenvalue weighted by atomic mass is 16.4. The van der Waals surface area contributed by atoms with Crippen molar-refractivity contribution in [3.8, 4) is 0 Å². The number of nitrogens with two attached hydrogens (primary N) is 1. The van der Waals surface area contributed by atoms with E-state index in [1.807, 2.05) is 34.6 Å². The van der Waals surface area contributed by atoms with Crippen LogP contribution < -0.4 is 21.7 Å². The SMILES string of the molecule is CCC(C)C(NC(=O)CNC(=O)C(NC(=O)C(N)CC(C)C)C(C)CC)C(=O)O. The second-order valence-corrected chi connectivity index (χ2v) is 8.09. The van der Waals surface area contributed by atoms with Crippen LogP contribution in [0.2, 0.25) is 0 Å². The number of carboxylic acid groups (broad SMARTS) is 1. The highest BCUT2D eigenvalue weighted by Gasteiger charge is 2.29. The second-order valence-electron chi connectivity index (χ2n) is 8.09. The maximum absolute atomic E-state index is 12.6. The minimum atomic E-state index is -1.12. The molecule has 0 bridgehead atoms. The van der Waals surface area contributed by atoms with E-state index in [4.69, 9.17) is 5.73 Å². The third-order valence-electron chi connectivity index (χ3n) is 5.07. The molecule has 0 rings (SSSR count). The monoisotopic (exact) mass is 414 g/mol. The Morgan fingerprint density at radius 2 is 1.38 bits per heavy atom. The van der Waals surface area contributed by atoms with Crippen LogP contribution in [0.25, 0.3) is 0 Å². The van der Waals surface area contributed by atoms with Crippen molar-refractivity contribution in [3.63, 3.8) is 0 Å². The van der Waals surface area contributed by atoms with Crippen molar-refractivity contribution in [2.24, 2.45) is 23.5 Å². The van der Waals surface area contributed by atoms with Gasteiger partial charge in [0.15, 0.2) is 0 Å². The van der Waals surface area contributed by atoms with Gasteiger partial charge >= 0.3 is 5.97 Å². The van der Waals surface area contributed by atoms with Gasteiger partial charge in [-0.15, -0.1) is 0 Å². The summed E-state index contributed by atoms with van der Waals surface area (Å²) in [5.41, 5.74) is 5.89. The molecule has 9 nitrogen and oxygen atoms in total. The summed E-state index contributed by atoms with van der Waals surface area (Å²) in [6.07, 6.45) is 1.72. The van der Waals surface area contributed by atoms with Crippen molar-refractivity contribution in [1.82, 2.24) is 16.0 Å². The van der Waals surface area contributed by atoms with E-state index in [9.17, 15) is 24.3 Å². The fourth-order valence-corrected chi connectivity index (χ4v) is 2.76. The molecule has 3 amide bonds. The van der Waals surface area contributed by atoms with Crippen LogP contribution in [-0.4, -0.2) is 53.5 Å². The van der Waals surface area contributed by atoms with Crippen LogP contribution in [0.5, 0.6) is 0 Å². The van der Waals surface area contributed by atoms with Gasteiger partial charge in [0, 0.05) is 0 Å². The third kappa shape index (κ3) is 9.74. The molecule has 5 atom stereocenters. The van der Waals surface area contributed by atoms with Crippen molar-refractivity contribution in [2.75, 3.05) is 6.54 Å². The molecule has 0 aliphatic rings. The third-order valence-corrected chi connectivity index (χ3v) is 5.07. The normalized spacial score (nSPS) is 16.3. The summed E-state index contributed by atoms with van der Waals surface area (Å²) in [7, 11) is 0. The molecule has 0 saturated carbocycles. The molecule has 0 aromatic carbocycles. The van der Waals surface area contributed by atoms with Crippen LogP contribution in [0.1, 0.15) is 60.8 Å². The molecule has 6 N–H and O–H groups in total. The number of nitrogens with one attached hydrogen (secondary N) is 3. The van der Waals surface area contributed by atoms with Gasteiger partial charge in [0.1, 0.15) is 12.1 Å². The maximum atomic E-state index is 12.6. The summed E-state index contributed by atoms with van der Waals surface area (Å²) >= 11 is 0. The first-order valence-corrected chi connectivity index (χ1v) is 10.3. The van der Waals surface area contributed by atoms with Gasteiger partial charge in [0.2, 0.25) is 17.7 Å². The first kappa shape index (κ1) is 26.8. The topological polar surface area (TPSA) is 151 Å². The predicted molar refractivity (Wildman–Crippen MR) is 111 cm³/mol. The molecule has 9 heteroatoms. The van der Waals surface area contributed by atoms with E-state index in [1.54, 1.807) is 6.92 Å². The first-order valence-electron chi connectivity index (χ1n) is 10.3. The second kappa shape index (κ2) is 13.1. The Bertz CT molecular complexity index is 567. The Hall–Kier alpha value is -2.16. The Balaban J connectivity index is 4.92. The van der Waals surface area contributed by atoms with Crippen molar-refractivity contribution in [3.05, 3.63) is 0 Å². The van der Waals surface area contributed by atoms with Gasteiger partial charge in [-0.05, 0) is 24.2 Å². The summed E-state index contributed by atoms with van der Waals surface area (Å²) in [6, 6.07) is -2.57. The van der Waals surface area contributed by atoms with Crippen molar-refractivity contribution in [1.29, 1.82) is 0 Å². The molecule has 5 unspecified atom stereocenters. The van der Waals surface area contributed by atoms with Crippen LogP contribution in [0, 0.1) is 17.8 Å². The summed E-state index contributed by atoms with van der Waals surface area (Å²) in [5, 5.41) is 16.8. The van der Waals surface area contributed by atoms with E-state index in [0.717, 1.165) is 0 Å². The van der Waals surface area contributed by atoms with Gasteiger partial charge in [0.25, 0.3) is 0 Å². The lowest BCUT2D eigenvalue weighted by Gasteiger charge is -2.25. The molecular formula is C20H38N4O5. The fourth-order valence-electron chi connectivity index (χ4n) is 2.76. The highest BCUT2D eigenvalue weighted by Crippen LogP contribution is 2.10. The Morgan fingerprint density at radius 1 is 0.862 bits per heavy atom. The molecule has 0 spiro atoms. The van der Waals surface area contributed by atoms with Crippen LogP contribution in [0.3, 0.4) is 0 Å².